The zero-order chi connectivity index (χ0) is 18.4. The number of likely N-dealkylation sites (tertiary alicyclic amines) is 1. The number of rotatable bonds is 3. The summed E-state index contributed by atoms with van der Waals surface area (Å²) in [5.74, 6) is 0.555. The van der Waals surface area contributed by atoms with E-state index in [1.54, 1.807) is 12.4 Å². The number of benzene rings is 1. The van der Waals surface area contributed by atoms with Crippen molar-refractivity contribution >= 4 is 23.5 Å². The van der Waals surface area contributed by atoms with Gasteiger partial charge in [0.15, 0.2) is 0 Å². The number of hydrogen-bond donors (Lipinski definition) is 1. The first-order valence-corrected chi connectivity index (χ1v) is 9.76. The van der Waals surface area contributed by atoms with E-state index in [0.717, 1.165) is 43.9 Å². The minimum Gasteiger partial charge on any atom is -0.379 e. The summed E-state index contributed by atoms with van der Waals surface area (Å²) in [5, 5.41) is 4.14. The van der Waals surface area contributed by atoms with E-state index in [2.05, 4.69) is 21.4 Å². The molecule has 2 aromatic rings. The van der Waals surface area contributed by atoms with Crippen molar-refractivity contribution in [1.82, 2.24) is 14.9 Å². The molecular weight excluding hydrogens is 364 g/mol. The van der Waals surface area contributed by atoms with Crippen molar-refractivity contribution in [3.05, 3.63) is 52.3 Å². The molecule has 2 saturated heterocycles. The number of ether oxygens (including phenoxy) is 1. The van der Waals surface area contributed by atoms with Crippen LogP contribution in [-0.4, -0.2) is 52.1 Å². The van der Waals surface area contributed by atoms with Gasteiger partial charge in [-0.3, -0.25) is 4.79 Å². The van der Waals surface area contributed by atoms with E-state index < -0.39 is 0 Å². The van der Waals surface area contributed by atoms with Crippen molar-refractivity contribution in [3.63, 3.8) is 0 Å². The molecule has 1 amide bonds. The molecule has 0 bridgehead atoms. The molecule has 1 unspecified atom stereocenters. The highest BCUT2D eigenvalue weighted by Crippen LogP contribution is 2.38. The Bertz CT molecular complexity index is 880. The summed E-state index contributed by atoms with van der Waals surface area (Å²) in [6, 6.07) is 6.28. The van der Waals surface area contributed by atoms with Gasteiger partial charge in [0.1, 0.15) is 0 Å². The molecule has 0 saturated carbocycles. The van der Waals surface area contributed by atoms with Crippen LogP contribution >= 0.6 is 11.6 Å². The van der Waals surface area contributed by atoms with Crippen LogP contribution in [0, 0.1) is 0 Å². The molecule has 6 nitrogen and oxygen atoms in total. The second-order valence-corrected chi connectivity index (χ2v) is 8.13. The van der Waals surface area contributed by atoms with Crippen LogP contribution in [0.25, 0.3) is 0 Å². The largest absolute Gasteiger partial charge is 0.379 e. The van der Waals surface area contributed by atoms with E-state index in [1.165, 1.54) is 11.1 Å². The average molecular weight is 385 g/mol. The minimum atomic E-state index is -0.0924. The fourth-order valence-electron chi connectivity index (χ4n) is 4.40. The summed E-state index contributed by atoms with van der Waals surface area (Å²) >= 11 is 6.08. The SMILES string of the molecule is O=C(c1cnc(N[C@@H]2Cc3ccc(Cl)cc3C2)nc1)N1CCC12CCOC2. The Hall–Kier alpha value is -2.18. The third kappa shape index (κ3) is 2.97. The molecule has 7 heteroatoms. The predicted molar refractivity (Wildman–Crippen MR) is 102 cm³/mol. The second kappa shape index (κ2) is 6.46. The molecule has 2 atom stereocenters. The fraction of sp³-hybridized carbons (Fsp3) is 0.450. The van der Waals surface area contributed by atoms with Crippen LogP contribution in [0.4, 0.5) is 5.95 Å². The van der Waals surface area contributed by atoms with E-state index in [4.69, 9.17) is 16.3 Å². The molecule has 3 aliphatic rings. The molecule has 0 radical (unpaired) electrons. The van der Waals surface area contributed by atoms with Gasteiger partial charge in [0, 0.05) is 36.6 Å². The molecule has 27 heavy (non-hydrogen) atoms. The van der Waals surface area contributed by atoms with Gasteiger partial charge in [-0.2, -0.15) is 0 Å². The number of fused-ring (bicyclic) bond motifs is 1. The summed E-state index contributed by atoms with van der Waals surface area (Å²) in [4.78, 5) is 23.4. The van der Waals surface area contributed by atoms with Crippen LogP contribution in [0.1, 0.15) is 34.3 Å². The number of nitrogens with zero attached hydrogens (tertiary/aromatic N) is 3. The highest BCUT2D eigenvalue weighted by atomic mass is 35.5. The summed E-state index contributed by atoms with van der Waals surface area (Å²) in [6.07, 6.45) is 7.01. The van der Waals surface area contributed by atoms with Crippen LogP contribution in [0.5, 0.6) is 0 Å². The third-order valence-electron chi connectivity index (χ3n) is 6.03. The average Bonchev–Trinajstić information content (AvgIpc) is 3.29. The lowest BCUT2D eigenvalue weighted by Crippen LogP contribution is -2.62. The van der Waals surface area contributed by atoms with Crippen molar-refractivity contribution in [1.29, 1.82) is 0 Å². The first kappa shape index (κ1) is 17.0. The monoisotopic (exact) mass is 384 g/mol. The van der Waals surface area contributed by atoms with Crippen LogP contribution in [0.3, 0.4) is 0 Å². The number of aromatic nitrogens is 2. The van der Waals surface area contributed by atoms with Crippen molar-refractivity contribution in [2.24, 2.45) is 0 Å². The fourth-order valence-corrected chi connectivity index (χ4v) is 4.60. The van der Waals surface area contributed by atoms with E-state index >= 15 is 0 Å². The van der Waals surface area contributed by atoms with Gasteiger partial charge >= 0.3 is 0 Å². The highest BCUT2D eigenvalue weighted by molar-refractivity contribution is 6.30. The van der Waals surface area contributed by atoms with Crippen molar-refractivity contribution in [2.45, 2.75) is 37.3 Å². The molecule has 1 spiro atoms. The quantitative estimate of drug-likeness (QED) is 0.881. The normalized spacial score (nSPS) is 26.1. The van der Waals surface area contributed by atoms with Crippen LogP contribution in [-0.2, 0) is 17.6 Å². The molecule has 2 fully saturated rings. The molecule has 1 aliphatic carbocycles. The molecule has 3 heterocycles. The first-order valence-electron chi connectivity index (χ1n) is 9.39. The van der Waals surface area contributed by atoms with Gasteiger partial charge in [-0.15, -0.1) is 0 Å². The zero-order valence-electron chi connectivity index (χ0n) is 14.9. The lowest BCUT2D eigenvalue weighted by molar-refractivity contribution is -0.00800. The molecule has 2 aliphatic heterocycles. The van der Waals surface area contributed by atoms with Gasteiger partial charge < -0.3 is 15.0 Å². The van der Waals surface area contributed by atoms with Crippen molar-refractivity contribution in [2.75, 3.05) is 25.1 Å². The number of carbonyl (C=O) groups excluding carboxylic acids is 1. The molecule has 1 aromatic heterocycles. The van der Waals surface area contributed by atoms with Crippen LogP contribution in [0.15, 0.2) is 30.6 Å². The van der Waals surface area contributed by atoms with E-state index in [1.807, 2.05) is 17.0 Å². The maximum atomic E-state index is 12.8. The predicted octanol–water partition coefficient (Wildman–Crippen LogP) is 2.71. The van der Waals surface area contributed by atoms with E-state index in [-0.39, 0.29) is 17.5 Å². The van der Waals surface area contributed by atoms with Crippen molar-refractivity contribution < 1.29 is 9.53 Å². The Morgan fingerprint density at radius 2 is 2.04 bits per heavy atom. The lowest BCUT2D eigenvalue weighted by atomic mass is 9.83. The van der Waals surface area contributed by atoms with Gasteiger partial charge in [0.05, 0.1) is 17.7 Å². The summed E-state index contributed by atoms with van der Waals surface area (Å²) in [6.45, 7) is 2.16. The summed E-state index contributed by atoms with van der Waals surface area (Å²) in [7, 11) is 0. The third-order valence-corrected chi connectivity index (χ3v) is 6.27. The maximum absolute atomic E-state index is 12.8. The molecule has 1 N–H and O–H groups in total. The second-order valence-electron chi connectivity index (χ2n) is 7.69. The zero-order valence-corrected chi connectivity index (χ0v) is 15.7. The van der Waals surface area contributed by atoms with Gasteiger partial charge in [0.25, 0.3) is 5.91 Å². The van der Waals surface area contributed by atoms with Crippen LogP contribution < -0.4 is 5.32 Å². The molecule has 1 aromatic carbocycles. The van der Waals surface area contributed by atoms with Crippen molar-refractivity contribution in [3.8, 4) is 0 Å². The van der Waals surface area contributed by atoms with Gasteiger partial charge in [-0.1, -0.05) is 17.7 Å². The van der Waals surface area contributed by atoms with E-state index in [0.29, 0.717) is 18.1 Å². The topological polar surface area (TPSA) is 67.4 Å². The number of halogens is 1. The Kier molecular flexibility index (Phi) is 4.06. The Balaban J connectivity index is 1.24. The first-order chi connectivity index (χ1) is 13.1. The molecular formula is C20H21ClN4O2. The number of nitrogens with one attached hydrogen (secondary N) is 1. The van der Waals surface area contributed by atoms with Crippen LogP contribution in [0.2, 0.25) is 5.02 Å². The molecule has 5 rings (SSSR count). The molecule has 140 valence electrons. The number of amides is 1. The van der Waals surface area contributed by atoms with Gasteiger partial charge in [0.2, 0.25) is 5.95 Å². The maximum Gasteiger partial charge on any atom is 0.257 e. The Labute approximate surface area is 162 Å². The van der Waals surface area contributed by atoms with Gasteiger partial charge in [-0.25, -0.2) is 9.97 Å². The summed E-state index contributed by atoms with van der Waals surface area (Å²) < 4.78 is 5.50. The number of carbonyl (C=O) groups is 1. The summed E-state index contributed by atoms with van der Waals surface area (Å²) in [5.41, 5.74) is 3.03. The number of hydrogen-bond acceptors (Lipinski definition) is 5. The Morgan fingerprint density at radius 1 is 1.22 bits per heavy atom. The van der Waals surface area contributed by atoms with Gasteiger partial charge in [-0.05, 0) is 48.9 Å². The standard InChI is InChI=1S/C20H21ClN4O2/c21-16-2-1-13-8-17(9-14(13)7-16)24-19-22-10-15(11-23-19)18(26)25-5-3-20(25)4-6-27-12-20/h1-2,7,10-11,17H,3-6,8-9,12H2,(H,22,23,24)/t17-,20?/m1/s1. The highest BCUT2D eigenvalue weighted by Gasteiger charge is 2.50. The minimum absolute atomic E-state index is 0.00112. The smallest absolute Gasteiger partial charge is 0.257 e. The van der Waals surface area contributed by atoms with E-state index in [9.17, 15) is 4.79 Å². The Morgan fingerprint density at radius 3 is 2.74 bits per heavy atom. The number of anilines is 1. The lowest BCUT2D eigenvalue weighted by Gasteiger charge is -2.49.